The fourth-order valence-electron chi connectivity index (χ4n) is 4.64. The molecule has 0 bridgehead atoms. The largest absolute Gasteiger partial charge is 0.495 e. The van der Waals surface area contributed by atoms with Crippen molar-refractivity contribution in [2.24, 2.45) is 4.99 Å². The molecule has 3 heterocycles. The van der Waals surface area contributed by atoms with Gasteiger partial charge in [-0.3, -0.25) is 4.79 Å². The lowest BCUT2D eigenvalue weighted by atomic mass is 10.0. The molecule has 3 aromatic carbocycles. The molecule has 2 aromatic heterocycles. The van der Waals surface area contributed by atoms with Crippen molar-refractivity contribution in [1.82, 2.24) is 24.5 Å². The molecule has 0 radical (unpaired) electrons. The van der Waals surface area contributed by atoms with Gasteiger partial charge in [-0.15, -0.1) is 5.10 Å². The summed E-state index contributed by atoms with van der Waals surface area (Å²) in [5.41, 5.74) is 6.50. The maximum absolute atomic E-state index is 13.6. The molecule has 38 heavy (non-hydrogen) atoms. The van der Waals surface area contributed by atoms with Crippen LogP contribution in [0.5, 0.6) is 5.75 Å². The Balaban J connectivity index is 1.41. The highest BCUT2D eigenvalue weighted by atomic mass is 16.5. The second kappa shape index (κ2) is 9.44. The second-order valence-electron chi connectivity index (χ2n) is 9.02. The summed E-state index contributed by atoms with van der Waals surface area (Å²) in [6.45, 7) is 1.94. The first kappa shape index (κ1) is 23.4. The Morgan fingerprint density at radius 1 is 0.895 bits per heavy atom. The number of carbonyl (C=O) groups is 1. The molecule has 0 saturated heterocycles. The fourth-order valence-corrected chi connectivity index (χ4v) is 4.64. The number of hydrogen-bond acceptors (Lipinski definition) is 6. The highest BCUT2D eigenvalue weighted by Crippen LogP contribution is 2.32. The SMILES string of the molecule is COc1cc(-c2cn(C3N=C(c4ccccc4)c4ccccc4N(C)C3=O)nn2)ccc1-n1cnc(C)c1. The number of para-hydroxylation sites is 1. The van der Waals surface area contributed by atoms with Gasteiger partial charge >= 0.3 is 0 Å². The van der Waals surface area contributed by atoms with E-state index in [9.17, 15) is 4.79 Å². The topological polar surface area (TPSA) is 90.4 Å². The molecule has 9 heteroatoms. The number of aliphatic imine (C=N–C) groups is 1. The number of benzene rings is 3. The summed E-state index contributed by atoms with van der Waals surface area (Å²) in [6, 6.07) is 23.4. The summed E-state index contributed by atoms with van der Waals surface area (Å²) in [5.74, 6) is 0.461. The first-order valence-electron chi connectivity index (χ1n) is 12.1. The lowest BCUT2D eigenvalue weighted by Crippen LogP contribution is -2.33. The van der Waals surface area contributed by atoms with E-state index < -0.39 is 6.17 Å². The molecule has 0 N–H and O–H groups in total. The van der Waals surface area contributed by atoms with Crippen LogP contribution in [0.25, 0.3) is 16.9 Å². The van der Waals surface area contributed by atoms with Crippen LogP contribution in [0.15, 0.2) is 96.5 Å². The van der Waals surface area contributed by atoms with E-state index >= 15 is 0 Å². The molecule has 0 fully saturated rings. The minimum absolute atomic E-state index is 0.205. The van der Waals surface area contributed by atoms with Gasteiger partial charge in [0.25, 0.3) is 5.91 Å². The van der Waals surface area contributed by atoms with Crippen molar-refractivity contribution in [2.45, 2.75) is 13.1 Å². The number of anilines is 1. The van der Waals surface area contributed by atoms with E-state index in [4.69, 9.17) is 9.73 Å². The van der Waals surface area contributed by atoms with Gasteiger partial charge in [-0.05, 0) is 25.1 Å². The molecule has 5 aromatic rings. The standard InChI is InChI=1S/C29H25N7O2/c1-19-16-35(18-30-19)25-14-13-21(15-26(25)38-3)23-17-36(33-32-23)28-29(37)34(2)24-12-8-7-11-22(24)27(31-28)20-9-5-4-6-10-20/h4-18,28H,1-3H3. The number of methoxy groups -OCH3 is 1. The van der Waals surface area contributed by atoms with Crippen LogP contribution in [0.2, 0.25) is 0 Å². The normalized spacial score (nSPS) is 15.1. The van der Waals surface area contributed by atoms with Crippen LogP contribution in [0.4, 0.5) is 5.69 Å². The third-order valence-corrected chi connectivity index (χ3v) is 6.60. The number of ether oxygens (including phenoxy) is 1. The number of likely N-dealkylation sites (N-methyl/N-ethyl adjacent to an activating group) is 1. The number of fused-ring (bicyclic) bond motifs is 1. The number of imidazole rings is 1. The van der Waals surface area contributed by atoms with E-state index in [1.165, 1.54) is 4.68 Å². The Morgan fingerprint density at radius 2 is 1.68 bits per heavy atom. The second-order valence-corrected chi connectivity index (χ2v) is 9.02. The molecular weight excluding hydrogens is 478 g/mol. The van der Waals surface area contributed by atoms with E-state index in [1.54, 1.807) is 31.6 Å². The molecule has 6 rings (SSSR count). The molecule has 9 nitrogen and oxygen atoms in total. The summed E-state index contributed by atoms with van der Waals surface area (Å²) in [7, 11) is 3.39. The smallest absolute Gasteiger partial charge is 0.274 e. The van der Waals surface area contributed by atoms with E-state index in [-0.39, 0.29) is 5.91 Å². The average Bonchev–Trinajstić information content (AvgIpc) is 3.60. The van der Waals surface area contributed by atoms with E-state index in [1.807, 2.05) is 90.5 Å². The maximum atomic E-state index is 13.6. The van der Waals surface area contributed by atoms with E-state index in [0.29, 0.717) is 11.4 Å². The first-order chi connectivity index (χ1) is 18.5. The third kappa shape index (κ3) is 4.03. The van der Waals surface area contributed by atoms with Gasteiger partial charge in [0, 0.05) is 29.9 Å². The third-order valence-electron chi connectivity index (χ3n) is 6.60. The Hall–Kier alpha value is -5.05. The monoisotopic (exact) mass is 503 g/mol. The van der Waals surface area contributed by atoms with Gasteiger partial charge < -0.3 is 14.2 Å². The predicted octanol–water partition coefficient (Wildman–Crippen LogP) is 4.46. The van der Waals surface area contributed by atoms with Crippen molar-refractivity contribution in [2.75, 3.05) is 19.1 Å². The zero-order valence-corrected chi connectivity index (χ0v) is 21.2. The van der Waals surface area contributed by atoms with Gasteiger partial charge in [-0.2, -0.15) is 0 Å². The van der Waals surface area contributed by atoms with Crippen LogP contribution < -0.4 is 9.64 Å². The van der Waals surface area contributed by atoms with Crippen molar-refractivity contribution in [3.63, 3.8) is 0 Å². The number of nitrogens with zero attached hydrogens (tertiary/aromatic N) is 7. The van der Waals surface area contributed by atoms with E-state index in [2.05, 4.69) is 15.3 Å². The molecule has 1 aliphatic heterocycles. The molecule has 1 unspecified atom stereocenters. The van der Waals surface area contributed by atoms with Gasteiger partial charge in [0.05, 0.1) is 42.4 Å². The molecule has 1 aliphatic rings. The van der Waals surface area contributed by atoms with Gasteiger partial charge in [0.2, 0.25) is 6.17 Å². The van der Waals surface area contributed by atoms with Gasteiger partial charge in [0.15, 0.2) is 0 Å². The quantitative estimate of drug-likeness (QED) is 0.353. The molecule has 0 spiro atoms. The van der Waals surface area contributed by atoms with E-state index in [0.717, 1.165) is 39.5 Å². The number of benzodiazepines with no additional fused rings is 1. The Bertz CT molecular complexity index is 1670. The highest BCUT2D eigenvalue weighted by molar-refractivity contribution is 6.19. The van der Waals surface area contributed by atoms with Crippen molar-refractivity contribution < 1.29 is 9.53 Å². The molecule has 188 valence electrons. The van der Waals surface area contributed by atoms with Crippen LogP contribution in [-0.2, 0) is 4.79 Å². The van der Waals surface area contributed by atoms with Crippen molar-refractivity contribution in [3.05, 3.63) is 108 Å². The number of amides is 1. The molecule has 0 saturated carbocycles. The zero-order chi connectivity index (χ0) is 26.2. The van der Waals surface area contributed by atoms with Crippen molar-refractivity contribution in [1.29, 1.82) is 0 Å². The summed E-state index contributed by atoms with van der Waals surface area (Å²) in [6.07, 6.45) is 4.51. The Labute approximate surface area is 219 Å². The minimum Gasteiger partial charge on any atom is -0.495 e. The lowest BCUT2D eigenvalue weighted by molar-refractivity contribution is -0.121. The van der Waals surface area contributed by atoms with Gasteiger partial charge in [0.1, 0.15) is 11.4 Å². The maximum Gasteiger partial charge on any atom is 0.274 e. The Morgan fingerprint density at radius 3 is 2.45 bits per heavy atom. The van der Waals surface area contributed by atoms with Crippen LogP contribution in [-0.4, -0.2) is 50.3 Å². The number of rotatable bonds is 5. The van der Waals surface area contributed by atoms with Crippen LogP contribution >= 0.6 is 0 Å². The predicted molar refractivity (Wildman–Crippen MR) is 145 cm³/mol. The molecular formula is C29H25N7O2. The summed E-state index contributed by atoms with van der Waals surface area (Å²) >= 11 is 0. The first-order valence-corrected chi connectivity index (χ1v) is 12.1. The van der Waals surface area contributed by atoms with Gasteiger partial charge in [-0.1, -0.05) is 59.8 Å². The number of hydrogen-bond donors (Lipinski definition) is 0. The summed E-state index contributed by atoms with van der Waals surface area (Å²) in [4.78, 5) is 24.5. The number of aromatic nitrogens is 5. The average molecular weight is 504 g/mol. The van der Waals surface area contributed by atoms with Crippen LogP contribution in [0, 0.1) is 6.92 Å². The van der Waals surface area contributed by atoms with Crippen LogP contribution in [0.3, 0.4) is 0 Å². The molecule has 1 amide bonds. The van der Waals surface area contributed by atoms with Crippen molar-refractivity contribution >= 4 is 17.3 Å². The number of carbonyl (C=O) groups excluding carboxylic acids is 1. The molecule has 1 atom stereocenters. The molecule has 0 aliphatic carbocycles. The number of aryl methyl sites for hydroxylation is 1. The van der Waals surface area contributed by atoms with Gasteiger partial charge in [-0.25, -0.2) is 14.7 Å². The van der Waals surface area contributed by atoms with Crippen LogP contribution in [0.1, 0.15) is 23.0 Å². The lowest BCUT2D eigenvalue weighted by Gasteiger charge is -2.20. The summed E-state index contributed by atoms with van der Waals surface area (Å²) in [5, 5.41) is 8.71. The Kier molecular flexibility index (Phi) is 5.80. The highest BCUT2D eigenvalue weighted by Gasteiger charge is 2.32. The minimum atomic E-state index is -0.918. The summed E-state index contributed by atoms with van der Waals surface area (Å²) < 4.78 is 9.08. The fraction of sp³-hybridized carbons (Fsp3) is 0.138. The zero-order valence-electron chi connectivity index (χ0n) is 21.2. The van der Waals surface area contributed by atoms with Crippen molar-refractivity contribution in [3.8, 4) is 22.7 Å².